The maximum absolute atomic E-state index is 13.8. The lowest BCUT2D eigenvalue weighted by Gasteiger charge is -2.34. The van der Waals surface area contributed by atoms with Crippen LogP contribution in [0.25, 0.3) is 22.4 Å². The summed E-state index contributed by atoms with van der Waals surface area (Å²) in [6.45, 7) is 6.07. The van der Waals surface area contributed by atoms with Crippen LogP contribution in [-0.2, 0) is 13.0 Å². The van der Waals surface area contributed by atoms with Crippen molar-refractivity contribution in [3.05, 3.63) is 40.5 Å². The van der Waals surface area contributed by atoms with Gasteiger partial charge in [-0.3, -0.25) is 9.48 Å². The van der Waals surface area contributed by atoms with Gasteiger partial charge in [0.25, 0.3) is 5.91 Å². The minimum absolute atomic E-state index is 0.0649. The predicted octanol–water partition coefficient (Wildman–Crippen LogP) is 4.72. The number of carbonyl (C=O) groups excluding carboxylic acids is 1. The number of fused-ring (bicyclic) bond motifs is 3. The van der Waals surface area contributed by atoms with Crippen molar-refractivity contribution < 1.29 is 14.6 Å². The molecular weight excluding hydrogens is 498 g/mol. The Kier molecular flexibility index (Phi) is 7.88. The van der Waals surface area contributed by atoms with E-state index >= 15 is 0 Å². The lowest BCUT2D eigenvalue weighted by atomic mass is 9.94. The number of benzene rings is 1. The van der Waals surface area contributed by atoms with Gasteiger partial charge >= 0.3 is 0 Å². The first-order chi connectivity index (χ1) is 18.2. The number of ether oxygens (including phenoxy) is 1. The molecule has 3 aromatic rings. The van der Waals surface area contributed by atoms with Gasteiger partial charge in [0, 0.05) is 47.8 Å². The molecule has 1 aliphatic heterocycles. The molecule has 1 saturated carbocycles. The van der Waals surface area contributed by atoms with E-state index in [9.17, 15) is 9.90 Å². The minimum atomic E-state index is -0.838. The molecule has 1 aromatic carbocycles. The molecule has 1 N–H and O–H groups in total. The maximum atomic E-state index is 13.8. The minimum Gasteiger partial charge on any atom is -0.492 e. The van der Waals surface area contributed by atoms with E-state index in [2.05, 4.69) is 35.1 Å². The Morgan fingerprint density at radius 2 is 1.97 bits per heavy atom. The van der Waals surface area contributed by atoms with E-state index < -0.39 is 5.60 Å². The number of rotatable bonds is 8. The van der Waals surface area contributed by atoms with Crippen molar-refractivity contribution in [1.29, 1.82) is 0 Å². The third-order valence-electron chi connectivity index (χ3n) is 7.28. The van der Waals surface area contributed by atoms with Crippen molar-refractivity contribution >= 4 is 17.2 Å². The number of aliphatic hydroxyl groups is 1. The summed E-state index contributed by atoms with van der Waals surface area (Å²) in [6.07, 6.45) is 10.3. The van der Waals surface area contributed by atoms with Crippen LogP contribution in [0.2, 0.25) is 0 Å². The molecule has 2 aliphatic rings. The fraction of sp³-hybridized carbons (Fsp3) is 0.552. The summed E-state index contributed by atoms with van der Waals surface area (Å²) >= 11 is 1.52. The number of nitrogens with zero attached hydrogens (tertiary/aromatic N) is 5. The maximum Gasteiger partial charge on any atom is 0.283 e. The van der Waals surface area contributed by atoms with Gasteiger partial charge in [-0.2, -0.15) is 5.10 Å². The second-order valence-electron chi connectivity index (χ2n) is 11.4. The largest absolute Gasteiger partial charge is 0.492 e. The molecule has 0 atom stereocenters. The Morgan fingerprint density at radius 1 is 1.18 bits per heavy atom. The first kappa shape index (κ1) is 26.8. The van der Waals surface area contributed by atoms with E-state index in [1.807, 2.05) is 24.5 Å². The summed E-state index contributed by atoms with van der Waals surface area (Å²) in [5.74, 6) is 0.840. The van der Waals surface area contributed by atoms with Crippen LogP contribution in [-0.4, -0.2) is 81.0 Å². The molecule has 204 valence electrons. The van der Waals surface area contributed by atoms with Crippen LogP contribution in [0.3, 0.4) is 0 Å². The molecule has 0 saturated heterocycles. The van der Waals surface area contributed by atoms with Crippen LogP contribution in [0.5, 0.6) is 5.75 Å². The third kappa shape index (κ3) is 6.11. The zero-order valence-electron chi connectivity index (χ0n) is 22.9. The summed E-state index contributed by atoms with van der Waals surface area (Å²) in [7, 11) is 4.11. The monoisotopic (exact) mass is 537 g/mol. The highest BCUT2D eigenvalue weighted by Crippen LogP contribution is 2.40. The van der Waals surface area contributed by atoms with Gasteiger partial charge in [-0.25, -0.2) is 4.98 Å². The second-order valence-corrected chi connectivity index (χ2v) is 12.5. The Morgan fingerprint density at radius 3 is 2.71 bits per heavy atom. The highest BCUT2D eigenvalue weighted by molar-refractivity contribution is 7.14. The highest BCUT2D eigenvalue weighted by Gasteiger charge is 2.30. The van der Waals surface area contributed by atoms with Gasteiger partial charge in [0.1, 0.15) is 5.75 Å². The molecule has 0 radical (unpaired) electrons. The van der Waals surface area contributed by atoms with Crippen LogP contribution >= 0.6 is 11.3 Å². The van der Waals surface area contributed by atoms with Crippen LogP contribution in [0.1, 0.15) is 60.6 Å². The smallest absolute Gasteiger partial charge is 0.283 e. The third-order valence-corrected chi connectivity index (χ3v) is 8.39. The molecule has 2 aromatic heterocycles. The normalized spacial score (nSPS) is 16.1. The van der Waals surface area contributed by atoms with Gasteiger partial charge in [-0.15, -0.1) is 11.3 Å². The van der Waals surface area contributed by atoms with Gasteiger partial charge in [-0.1, -0.05) is 25.3 Å². The first-order valence-electron chi connectivity index (χ1n) is 13.7. The van der Waals surface area contributed by atoms with E-state index in [1.54, 1.807) is 18.5 Å². The molecule has 0 spiro atoms. The van der Waals surface area contributed by atoms with Crippen LogP contribution in [0.4, 0.5) is 0 Å². The summed E-state index contributed by atoms with van der Waals surface area (Å²) in [5, 5.41) is 15.1. The van der Waals surface area contributed by atoms with E-state index in [-0.39, 0.29) is 5.91 Å². The van der Waals surface area contributed by atoms with Crippen LogP contribution in [0.15, 0.2) is 30.6 Å². The second kappa shape index (κ2) is 11.2. The summed E-state index contributed by atoms with van der Waals surface area (Å²) in [5.41, 5.74) is 2.91. The molecule has 1 fully saturated rings. The van der Waals surface area contributed by atoms with Gasteiger partial charge < -0.3 is 19.6 Å². The van der Waals surface area contributed by atoms with Crippen molar-refractivity contribution in [2.75, 3.05) is 33.8 Å². The number of amides is 1. The van der Waals surface area contributed by atoms with Gasteiger partial charge in [0.05, 0.1) is 30.6 Å². The molecular formula is C29H39N5O3S. The number of hydrogen-bond donors (Lipinski definition) is 1. The van der Waals surface area contributed by atoms with Crippen molar-refractivity contribution in [3.63, 3.8) is 0 Å². The van der Waals surface area contributed by atoms with E-state index in [1.165, 1.54) is 30.6 Å². The molecule has 38 heavy (non-hydrogen) atoms. The zero-order valence-corrected chi connectivity index (χ0v) is 23.8. The Balaban J connectivity index is 1.41. The zero-order chi connectivity index (χ0) is 26.9. The van der Waals surface area contributed by atoms with Crippen molar-refractivity contribution in [3.8, 4) is 28.1 Å². The molecule has 1 aliphatic carbocycles. The fourth-order valence-corrected chi connectivity index (χ4v) is 6.38. The number of hydrogen-bond acceptors (Lipinski definition) is 7. The van der Waals surface area contributed by atoms with Crippen molar-refractivity contribution in [1.82, 2.24) is 24.6 Å². The average Bonchev–Trinajstić information content (AvgIpc) is 3.47. The summed E-state index contributed by atoms with van der Waals surface area (Å²) in [6, 6.07) is 6.42. The fourth-order valence-electron chi connectivity index (χ4n) is 5.36. The topological polar surface area (TPSA) is 83.7 Å². The highest BCUT2D eigenvalue weighted by atomic mass is 32.1. The molecule has 0 bridgehead atoms. The number of aromatic nitrogens is 3. The van der Waals surface area contributed by atoms with Gasteiger partial charge in [0.15, 0.2) is 5.01 Å². The SMILES string of the molecule is CN(C)CCN(C(=O)c1nc2c(s1)CCOc1cc(-c3cnn(CC(C)(C)O)c3)ccc1-2)C1CCCCC1. The molecule has 9 heteroatoms. The standard InChI is InChI=1S/C29H39N5O3S/c1-29(2,36)19-33-18-21(17-30-33)20-10-11-23-24(16-20)37-15-12-25-26(23)31-27(38-25)28(35)34(14-13-32(3)4)22-8-6-5-7-9-22/h10-11,16-18,22,36H,5-9,12-15,19H2,1-4H3. The number of likely N-dealkylation sites (N-methyl/N-ethyl adjacent to an activating group) is 1. The predicted molar refractivity (Wildman–Crippen MR) is 151 cm³/mol. The Hall–Kier alpha value is -2.75. The number of carbonyl (C=O) groups is 1. The molecule has 3 heterocycles. The molecule has 0 unspecified atom stereocenters. The Bertz CT molecular complexity index is 1270. The van der Waals surface area contributed by atoms with Gasteiger partial charge in [0.2, 0.25) is 0 Å². The van der Waals surface area contributed by atoms with E-state index in [0.29, 0.717) is 24.2 Å². The molecule has 5 rings (SSSR count). The van der Waals surface area contributed by atoms with Crippen LogP contribution < -0.4 is 4.74 Å². The first-order valence-corrected chi connectivity index (χ1v) is 14.5. The lowest BCUT2D eigenvalue weighted by Crippen LogP contribution is -2.44. The summed E-state index contributed by atoms with van der Waals surface area (Å²) in [4.78, 5) is 24.1. The molecule has 8 nitrogen and oxygen atoms in total. The van der Waals surface area contributed by atoms with Gasteiger partial charge in [-0.05, 0) is 58.5 Å². The average molecular weight is 538 g/mol. The van der Waals surface area contributed by atoms with E-state index in [4.69, 9.17) is 9.72 Å². The van der Waals surface area contributed by atoms with Crippen molar-refractivity contribution in [2.24, 2.45) is 0 Å². The summed E-state index contributed by atoms with van der Waals surface area (Å²) < 4.78 is 7.90. The van der Waals surface area contributed by atoms with Crippen LogP contribution in [0, 0.1) is 0 Å². The lowest BCUT2D eigenvalue weighted by molar-refractivity contribution is 0.0576. The molecule has 1 amide bonds. The Labute approximate surface area is 229 Å². The van der Waals surface area contributed by atoms with Crippen molar-refractivity contribution in [2.45, 2.75) is 70.6 Å². The number of thiazole rings is 1. The quantitative estimate of drug-likeness (QED) is 0.448. The van der Waals surface area contributed by atoms with E-state index in [0.717, 1.165) is 65.4 Å².